The van der Waals surface area contributed by atoms with Crippen LogP contribution in [-0.2, 0) is 11.4 Å². The van der Waals surface area contributed by atoms with Crippen molar-refractivity contribution < 1.29 is 14.3 Å². The van der Waals surface area contributed by atoms with Gasteiger partial charge in [-0.25, -0.2) is 0 Å². The van der Waals surface area contributed by atoms with Crippen molar-refractivity contribution in [2.24, 2.45) is 0 Å². The van der Waals surface area contributed by atoms with Gasteiger partial charge in [-0.05, 0) is 60.4 Å². The number of thioether (sulfide) groups is 1. The van der Waals surface area contributed by atoms with Crippen molar-refractivity contribution in [1.82, 2.24) is 4.90 Å². The van der Waals surface area contributed by atoms with Gasteiger partial charge in [-0.15, -0.1) is 0 Å². The second-order valence-corrected chi connectivity index (χ2v) is 10.3. The topological polar surface area (TPSA) is 65.8 Å². The number of rotatable bonds is 6. The number of carbonyl (C=O) groups excluding carboxylic acids is 1. The Bertz CT molecular complexity index is 1400. The van der Waals surface area contributed by atoms with E-state index in [0.29, 0.717) is 36.2 Å². The number of anilines is 1. The molecule has 7 heteroatoms. The van der Waals surface area contributed by atoms with Crippen LogP contribution in [0.3, 0.4) is 0 Å². The molecule has 2 heterocycles. The normalized spacial score (nSPS) is 17.4. The molecule has 37 heavy (non-hydrogen) atoms. The highest BCUT2D eigenvalue weighted by atomic mass is 32.2. The second kappa shape index (κ2) is 10.6. The highest BCUT2D eigenvalue weighted by Gasteiger charge is 2.38. The van der Waals surface area contributed by atoms with Crippen LogP contribution in [0.5, 0.6) is 11.5 Å². The molecular weight excluding hydrogens is 482 g/mol. The third-order valence-corrected chi connectivity index (χ3v) is 8.13. The van der Waals surface area contributed by atoms with Gasteiger partial charge in [0.1, 0.15) is 6.61 Å². The highest BCUT2D eigenvalue weighted by Crippen LogP contribution is 2.44. The number of methoxy groups -OCH3 is 1. The molecule has 1 atom stereocenters. The van der Waals surface area contributed by atoms with Gasteiger partial charge in [-0.1, -0.05) is 54.2 Å². The Labute approximate surface area is 222 Å². The van der Waals surface area contributed by atoms with Gasteiger partial charge in [0.25, 0.3) is 0 Å². The monoisotopic (exact) mass is 511 g/mol. The zero-order valence-corrected chi connectivity index (χ0v) is 22.0. The summed E-state index contributed by atoms with van der Waals surface area (Å²) in [4.78, 5) is 17.3. The van der Waals surface area contributed by atoms with Crippen molar-refractivity contribution >= 4 is 23.4 Å². The summed E-state index contributed by atoms with van der Waals surface area (Å²) in [5, 5.41) is 10.9. The smallest absolute Gasteiger partial charge is 0.229 e. The molecule has 0 radical (unpaired) electrons. The number of allylic oxidation sites excluding steroid dienone is 1. The number of benzene rings is 3. The zero-order chi connectivity index (χ0) is 25.9. The van der Waals surface area contributed by atoms with Crippen LogP contribution < -0.4 is 14.4 Å². The van der Waals surface area contributed by atoms with E-state index in [1.807, 2.05) is 48.5 Å². The lowest BCUT2D eigenvalue weighted by atomic mass is 9.86. The van der Waals surface area contributed by atoms with Gasteiger partial charge < -0.3 is 14.4 Å². The molecule has 5 rings (SSSR count). The molecule has 0 unspecified atom stereocenters. The Morgan fingerprint density at radius 3 is 2.57 bits per heavy atom. The first-order valence-corrected chi connectivity index (χ1v) is 13.2. The summed E-state index contributed by atoms with van der Waals surface area (Å²) < 4.78 is 11.6. The summed E-state index contributed by atoms with van der Waals surface area (Å²) in [5.41, 5.74) is 6.11. The summed E-state index contributed by atoms with van der Waals surface area (Å²) in [6.45, 7) is 5.05. The van der Waals surface area contributed by atoms with Crippen molar-refractivity contribution in [2.75, 3.05) is 24.6 Å². The van der Waals surface area contributed by atoms with E-state index in [1.165, 1.54) is 11.1 Å². The van der Waals surface area contributed by atoms with E-state index in [1.54, 1.807) is 23.8 Å². The van der Waals surface area contributed by atoms with E-state index in [2.05, 4.69) is 43.0 Å². The third-order valence-electron chi connectivity index (χ3n) is 6.98. The van der Waals surface area contributed by atoms with Gasteiger partial charge in [0.2, 0.25) is 5.91 Å². The lowest BCUT2D eigenvalue weighted by Crippen LogP contribution is -2.47. The van der Waals surface area contributed by atoms with Crippen molar-refractivity contribution in [1.29, 1.82) is 5.26 Å². The number of aryl methyl sites for hydroxylation is 2. The molecule has 1 amide bonds. The fourth-order valence-electron chi connectivity index (χ4n) is 4.69. The first-order valence-electron chi connectivity index (χ1n) is 12.2. The molecule has 1 fully saturated rings. The van der Waals surface area contributed by atoms with E-state index in [4.69, 9.17) is 9.47 Å². The lowest BCUT2D eigenvalue weighted by Gasteiger charge is -2.42. The predicted octanol–water partition coefficient (Wildman–Crippen LogP) is 6.11. The number of amides is 1. The number of carbonyl (C=O) groups is 1. The molecule has 1 saturated heterocycles. The Hall–Kier alpha value is -3.89. The zero-order valence-electron chi connectivity index (χ0n) is 21.2. The molecule has 0 aromatic heterocycles. The average Bonchev–Trinajstić information content (AvgIpc) is 2.93. The number of fused-ring (bicyclic) bond motifs is 1. The largest absolute Gasteiger partial charge is 0.493 e. The summed E-state index contributed by atoms with van der Waals surface area (Å²) in [6, 6.07) is 24.4. The highest BCUT2D eigenvalue weighted by molar-refractivity contribution is 8.03. The molecule has 2 aliphatic heterocycles. The molecule has 2 aliphatic rings. The summed E-state index contributed by atoms with van der Waals surface area (Å²) in [6.07, 6.45) is 0.237. The standard InChI is InChI=1S/C30H29N3O3S/c1-20-9-11-24(13-21(20)2)32-18-33-29(34)15-25(26(16-31)30(33)37-19-32)23-10-12-27(28(14-23)35-3)36-17-22-7-5-4-6-8-22/h4-14,25H,15,17-19H2,1-3H3/t25-/m1/s1. The van der Waals surface area contributed by atoms with Gasteiger partial charge in [0, 0.05) is 18.0 Å². The average molecular weight is 512 g/mol. The minimum atomic E-state index is -0.318. The minimum Gasteiger partial charge on any atom is -0.493 e. The SMILES string of the molecule is COc1cc([C@H]2CC(=O)N3CN(c4ccc(C)c(C)c4)CSC3=C2C#N)ccc1OCc1ccccc1. The molecule has 3 aromatic carbocycles. The molecule has 0 aliphatic carbocycles. The van der Waals surface area contributed by atoms with E-state index in [-0.39, 0.29) is 18.2 Å². The second-order valence-electron chi connectivity index (χ2n) is 9.32. The molecule has 3 aromatic rings. The quantitative estimate of drug-likeness (QED) is 0.398. The first kappa shape index (κ1) is 24.8. The first-order chi connectivity index (χ1) is 18.0. The fraction of sp³-hybridized carbons (Fsp3) is 0.267. The van der Waals surface area contributed by atoms with Crippen LogP contribution in [0.4, 0.5) is 5.69 Å². The number of nitrogens with zero attached hydrogens (tertiary/aromatic N) is 3. The molecular formula is C30H29N3O3S. The van der Waals surface area contributed by atoms with E-state index < -0.39 is 0 Å². The summed E-state index contributed by atoms with van der Waals surface area (Å²) in [5.74, 6) is 1.59. The van der Waals surface area contributed by atoms with E-state index in [0.717, 1.165) is 21.8 Å². The molecule has 188 valence electrons. The maximum atomic E-state index is 13.3. The van der Waals surface area contributed by atoms with E-state index >= 15 is 0 Å². The van der Waals surface area contributed by atoms with Gasteiger partial charge in [0.05, 0.1) is 36.3 Å². The van der Waals surface area contributed by atoms with Gasteiger partial charge in [-0.3, -0.25) is 9.69 Å². The maximum Gasteiger partial charge on any atom is 0.229 e. The van der Waals surface area contributed by atoms with Gasteiger partial charge >= 0.3 is 0 Å². The summed E-state index contributed by atoms with van der Waals surface area (Å²) in [7, 11) is 1.60. The fourth-order valence-corrected chi connectivity index (χ4v) is 5.86. The van der Waals surface area contributed by atoms with Crippen LogP contribution in [0.1, 0.15) is 34.6 Å². The van der Waals surface area contributed by atoms with Crippen molar-refractivity contribution in [3.8, 4) is 17.6 Å². The van der Waals surface area contributed by atoms with E-state index in [9.17, 15) is 10.1 Å². The van der Waals surface area contributed by atoms with Crippen molar-refractivity contribution in [3.63, 3.8) is 0 Å². The Balaban J connectivity index is 1.39. The van der Waals surface area contributed by atoms with Crippen LogP contribution in [0.25, 0.3) is 0 Å². The molecule has 0 bridgehead atoms. The van der Waals surface area contributed by atoms with Crippen LogP contribution in [0.2, 0.25) is 0 Å². The Morgan fingerprint density at radius 1 is 1.03 bits per heavy atom. The van der Waals surface area contributed by atoms with Crippen LogP contribution in [0, 0.1) is 25.2 Å². The van der Waals surface area contributed by atoms with Crippen LogP contribution in [0.15, 0.2) is 77.3 Å². The molecule has 0 saturated carbocycles. The molecule has 6 nitrogen and oxygen atoms in total. The Kier molecular flexibility index (Phi) is 7.11. The number of nitriles is 1. The Morgan fingerprint density at radius 2 is 1.84 bits per heavy atom. The third kappa shape index (κ3) is 5.03. The summed E-state index contributed by atoms with van der Waals surface area (Å²) >= 11 is 1.55. The predicted molar refractivity (Wildman–Crippen MR) is 146 cm³/mol. The van der Waals surface area contributed by atoms with Crippen LogP contribution in [-0.4, -0.2) is 30.5 Å². The lowest BCUT2D eigenvalue weighted by molar-refractivity contribution is -0.129. The number of hydrogen-bond acceptors (Lipinski definition) is 6. The van der Waals surface area contributed by atoms with Gasteiger partial charge in [0.15, 0.2) is 11.5 Å². The minimum absolute atomic E-state index is 0.0170. The van der Waals surface area contributed by atoms with Crippen molar-refractivity contribution in [3.05, 3.63) is 99.6 Å². The van der Waals surface area contributed by atoms with Crippen molar-refractivity contribution in [2.45, 2.75) is 32.8 Å². The number of hydrogen-bond donors (Lipinski definition) is 0. The van der Waals surface area contributed by atoms with Crippen LogP contribution >= 0.6 is 11.8 Å². The number of ether oxygens (including phenoxy) is 2. The molecule has 0 spiro atoms. The molecule has 0 N–H and O–H groups in total. The maximum absolute atomic E-state index is 13.3. The van der Waals surface area contributed by atoms with Gasteiger partial charge in [-0.2, -0.15) is 5.26 Å².